The maximum atomic E-state index is 5.72. The second-order valence-electron chi connectivity index (χ2n) is 3.08. The number of aromatic nitrogens is 2. The van der Waals surface area contributed by atoms with Crippen molar-refractivity contribution in [1.29, 1.82) is 0 Å². The molecule has 2 rings (SSSR count). The van der Waals surface area contributed by atoms with Gasteiger partial charge in [0.1, 0.15) is 17.9 Å². The molecule has 0 spiro atoms. The molecule has 0 unspecified atom stereocenters. The Bertz CT molecular complexity index is 492. The van der Waals surface area contributed by atoms with Gasteiger partial charge in [-0.25, -0.2) is 9.55 Å². The molecule has 0 aliphatic carbocycles. The summed E-state index contributed by atoms with van der Waals surface area (Å²) in [7, 11) is 0. The van der Waals surface area contributed by atoms with Crippen molar-refractivity contribution in [2.24, 2.45) is 10.7 Å². The second-order valence-corrected chi connectivity index (χ2v) is 4.34. The Hall–Kier alpha value is -1.46. The lowest BCUT2D eigenvalue weighted by Crippen LogP contribution is -2.31. The molecule has 82 valence electrons. The van der Waals surface area contributed by atoms with Crippen LogP contribution in [0.25, 0.3) is 0 Å². The van der Waals surface area contributed by atoms with Gasteiger partial charge in [0.05, 0.1) is 0 Å². The molecule has 0 atom stereocenters. The molecule has 0 fully saturated rings. The fourth-order valence-corrected chi connectivity index (χ4v) is 2.11. The van der Waals surface area contributed by atoms with Crippen molar-refractivity contribution in [3.05, 3.63) is 40.6 Å². The van der Waals surface area contributed by atoms with Crippen molar-refractivity contribution in [3.63, 3.8) is 0 Å². The van der Waals surface area contributed by atoms with E-state index >= 15 is 0 Å². The molecule has 0 bridgehead atoms. The number of pyridine rings is 1. The van der Waals surface area contributed by atoms with Gasteiger partial charge in [-0.3, -0.25) is 0 Å². The lowest BCUT2D eigenvalue weighted by Gasteiger charge is -1.97. The Labute approximate surface area is 102 Å². The van der Waals surface area contributed by atoms with E-state index in [9.17, 15) is 0 Å². The van der Waals surface area contributed by atoms with Crippen molar-refractivity contribution in [2.75, 3.05) is 0 Å². The second kappa shape index (κ2) is 5.05. The zero-order valence-corrected chi connectivity index (χ0v) is 9.95. The van der Waals surface area contributed by atoms with Gasteiger partial charge in [-0.1, -0.05) is 29.0 Å². The topological polar surface area (TPSA) is 55.1 Å². The number of aliphatic imine (C=N–C) groups is 1. The highest BCUT2D eigenvalue weighted by Crippen LogP contribution is 2.13. The molecule has 6 heteroatoms. The van der Waals surface area contributed by atoms with Gasteiger partial charge in [-0.2, -0.15) is 0 Å². The van der Waals surface area contributed by atoms with Crippen LogP contribution in [0.15, 0.2) is 34.9 Å². The van der Waals surface area contributed by atoms with Gasteiger partial charge in [0.2, 0.25) is 6.34 Å². The van der Waals surface area contributed by atoms with Crippen molar-refractivity contribution < 1.29 is 4.57 Å². The van der Waals surface area contributed by atoms with E-state index in [1.807, 2.05) is 22.2 Å². The molecule has 0 saturated heterocycles. The summed E-state index contributed by atoms with van der Waals surface area (Å²) in [6, 6.07) is 3.71. The summed E-state index contributed by atoms with van der Waals surface area (Å²) in [6.07, 6.45) is 5.01. The van der Waals surface area contributed by atoms with Crippen LogP contribution in [0.2, 0.25) is 5.15 Å². The van der Waals surface area contributed by atoms with Crippen LogP contribution < -0.4 is 10.3 Å². The highest BCUT2D eigenvalue weighted by atomic mass is 35.5. The van der Waals surface area contributed by atoms with Crippen LogP contribution in [0, 0.1) is 0 Å². The molecule has 2 heterocycles. The summed E-state index contributed by atoms with van der Waals surface area (Å²) in [4.78, 5) is 8.10. The molecule has 4 nitrogen and oxygen atoms in total. The fraction of sp³-hybridized carbons (Fsp3) is 0.100. The normalized spacial score (nSPS) is 11.1. The highest BCUT2D eigenvalue weighted by Gasteiger charge is 2.10. The van der Waals surface area contributed by atoms with Gasteiger partial charge >= 0.3 is 5.13 Å². The van der Waals surface area contributed by atoms with Crippen LogP contribution in [0.4, 0.5) is 5.13 Å². The first kappa shape index (κ1) is 11.0. The van der Waals surface area contributed by atoms with Gasteiger partial charge in [0.15, 0.2) is 0 Å². The molecule has 0 amide bonds. The van der Waals surface area contributed by atoms with Crippen molar-refractivity contribution >= 4 is 34.4 Å². The summed E-state index contributed by atoms with van der Waals surface area (Å²) in [6.45, 7) is 0.709. The van der Waals surface area contributed by atoms with Gasteiger partial charge in [0.25, 0.3) is 0 Å². The van der Waals surface area contributed by atoms with E-state index in [0.717, 1.165) is 10.7 Å². The minimum atomic E-state index is 0.499. The van der Waals surface area contributed by atoms with Crippen molar-refractivity contribution in [1.82, 2.24) is 4.98 Å². The van der Waals surface area contributed by atoms with Gasteiger partial charge < -0.3 is 5.73 Å². The predicted molar refractivity (Wildman–Crippen MR) is 65.2 cm³/mol. The number of hydrogen-bond donors (Lipinski definition) is 1. The third-order valence-electron chi connectivity index (χ3n) is 1.99. The smallest absolute Gasteiger partial charge is 0.369 e. The third-order valence-corrected chi connectivity index (χ3v) is 3.02. The molecule has 16 heavy (non-hydrogen) atoms. The van der Waals surface area contributed by atoms with E-state index < -0.39 is 0 Å². The molecule has 2 aromatic rings. The fourth-order valence-electron chi connectivity index (χ4n) is 1.28. The molecular weight excluding hydrogens is 244 g/mol. The molecule has 0 aromatic carbocycles. The average Bonchev–Trinajstić information content (AvgIpc) is 2.70. The number of halogens is 1. The first-order valence-electron chi connectivity index (χ1n) is 4.61. The molecule has 0 radical (unpaired) electrons. The number of nitrogens with zero attached hydrogens (tertiary/aromatic N) is 3. The van der Waals surface area contributed by atoms with Crippen LogP contribution >= 0.6 is 22.9 Å². The van der Waals surface area contributed by atoms with E-state index in [2.05, 4.69) is 9.98 Å². The largest absolute Gasteiger partial charge is 0.383 e. The van der Waals surface area contributed by atoms with Crippen LogP contribution in [-0.2, 0) is 6.54 Å². The first-order chi connectivity index (χ1) is 7.79. The van der Waals surface area contributed by atoms with Gasteiger partial charge in [-0.15, -0.1) is 0 Å². The van der Waals surface area contributed by atoms with E-state index in [1.165, 1.54) is 17.7 Å². The van der Waals surface area contributed by atoms with E-state index in [4.69, 9.17) is 17.3 Å². The lowest BCUT2D eigenvalue weighted by molar-refractivity contribution is -0.671. The van der Waals surface area contributed by atoms with Gasteiger partial charge in [-0.05, 0) is 11.1 Å². The van der Waals surface area contributed by atoms with Crippen LogP contribution in [0.3, 0.4) is 0 Å². The number of nitrogens with two attached hydrogens (primary N) is 1. The van der Waals surface area contributed by atoms with Crippen molar-refractivity contribution in [2.45, 2.75) is 6.54 Å². The van der Waals surface area contributed by atoms with E-state index in [1.54, 1.807) is 12.3 Å². The summed E-state index contributed by atoms with van der Waals surface area (Å²) in [5.41, 5.74) is 6.34. The van der Waals surface area contributed by atoms with Crippen LogP contribution in [0.1, 0.15) is 5.56 Å². The zero-order chi connectivity index (χ0) is 11.4. The number of hydrogen-bond acceptors (Lipinski definition) is 3. The Morgan fingerprint density at radius 3 is 3.12 bits per heavy atom. The summed E-state index contributed by atoms with van der Waals surface area (Å²) >= 11 is 7.25. The quantitative estimate of drug-likeness (QED) is 0.392. The maximum absolute atomic E-state index is 5.72. The van der Waals surface area contributed by atoms with Crippen molar-refractivity contribution in [3.8, 4) is 0 Å². The average molecular weight is 254 g/mol. The SMILES string of the molecule is NC=Nc1scc[n+]1Cc1ccc(Cl)nc1. The molecule has 2 aromatic heterocycles. The summed E-state index contributed by atoms with van der Waals surface area (Å²) < 4.78 is 2.00. The lowest BCUT2D eigenvalue weighted by atomic mass is 10.3. The molecular formula is C10H10ClN4S+. The molecule has 2 N–H and O–H groups in total. The highest BCUT2D eigenvalue weighted by molar-refractivity contribution is 7.12. The van der Waals surface area contributed by atoms with Gasteiger partial charge in [0, 0.05) is 17.1 Å². The van der Waals surface area contributed by atoms with E-state index in [0.29, 0.717) is 11.7 Å². The zero-order valence-electron chi connectivity index (χ0n) is 8.38. The molecule has 0 saturated carbocycles. The first-order valence-corrected chi connectivity index (χ1v) is 5.87. The van der Waals surface area contributed by atoms with Crippen LogP contribution in [0.5, 0.6) is 0 Å². The molecule has 0 aliphatic heterocycles. The monoisotopic (exact) mass is 253 g/mol. The number of rotatable bonds is 3. The third kappa shape index (κ3) is 2.56. The van der Waals surface area contributed by atoms with E-state index in [-0.39, 0.29) is 0 Å². The number of thiazole rings is 1. The Balaban J connectivity index is 2.20. The predicted octanol–water partition coefficient (Wildman–Crippen LogP) is 1.75. The molecule has 0 aliphatic rings. The minimum absolute atomic E-state index is 0.499. The van der Waals surface area contributed by atoms with Crippen LogP contribution in [-0.4, -0.2) is 11.3 Å². The summed E-state index contributed by atoms with van der Waals surface area (Å²) in [5.74, 6) is 0. The Kier molecular flexibility index (Phi) is 3.48. The minimum Gasteiger partial charge on any atom is -0.369 e. The standard InChI is InChI=1S/C10H9ClN4S/c11-9-2-1-8(5-13-9)6-15-3-4-16-10(15)14-7-12/h1-5,7,12H,6H2/p+1. The Morgan fingerprint density at radius 1 is 1.56 bits per heavy atom. The summed E-state index contributed by atoms with van der Waals surface area (Å²) in [5, 5.41) is 3.32. The maximum Gasteiger partial charge on any atom is 0.383 e. The Morgan fingerprint density at radius 2 is 2.44 bits per heavy atom.